The Balaban J connectivity index is 1.75. The van der Waals surface area contributed by atoms with Gasteiger partial charge >= 0.3 is 0 Å². The number of nitrogens with one attached hydrogen (secondary N) is 1. The third kappa shape index (κ3) is 3.55. The maximum Gasteiger partial charge on any atom is 0.255 e. The molecule has 0 unspecified atom stereocenters. The zero-order valence-electron chi connectivity index (χ0n) is 11.9. The van der Waals surface area contributed by atoms with Gasteiger partial charge in [0.05, 0.1) is 10.6 Å². The van der Waals surface area contributed by atoms with Gasteiger partial charge in [-0.1, -0.05) is 11.6 Å². The van der Waals surface area contributed by atoms with Crippen molar-refractivity contribution in [2.75, 3.05) is 19.6 Å². The third-order valence-corrected chi connectivity index (χ3v) is 4.64. The van der Waals surface area contributed by atoms with Crippen LogP contribution in [-0.2, 0) is 0 Å². The Bertz CT molecular complexity index is 527. The molecule has 1 saturated carbocycles. The Morgan fingerprint density at radius 1 is 1.29 bits per heavy atom. The second kappa shape index (κ2) is 6.32. The van der Waals surface area contributed by atoms with Gasteiger partial charge in [0.15, 0.2) is 0 Å². The monoisotopic (exact) mass is 310 g/mol. The molecule has 1 saturated heterocycles. The van der Waals surface area contributed by atoms with E-state index in [1.807, 2.05) is 4.90 Å². The van der Waals surface area contributed by atoms with Crippen molar-refractivity contribution >= 4 is 17.5 Å². The van der Waals surface area contributed by atoms with Gasteiger partial charge in [-0.15, -0.1) is 0 Å². The van der Waals surface area contributed by atoms with Crippen molar-refractivity contribution in [2.45, 2.75) is 31.7 Å². The van der Waals surface area contributed by atoms with Gasteiger partial charge in [-0.3, -0.25) is 4.79 Å². The van der Waals surface area contributed by atoms with E-state index < -0.39 is 5.82 Å². The molecule has 1 N–H and O–H groups in total. The molecule has 1 aromatic carbocycles. The lowest BCUT2D eigenvalue weighted by Crippen LogP contribution is -2.40. The molecule has 0 aromatic heterocycles. The number of hydrogen-bond donors (Lipinski definition) is 1. The summed E-state index contributed by atoms with van der Waals surface area (Å²) in [7, 11) is 0. The number of hydrogen-bond acceptors (Lipinski definition) is 2. The number of piperidine rings is 1. The predicted molar refractivity (Wildman–Crippen MR) is 81.1 cm³/mol. The summed E-state index contributed by atoms with van der Waals surface area (Å²) in [6, 6.07) is 4.35. The Hall–Kier alpha value is -1.13. The number of carbonyl (C=O) groups is 1. The van der Waals surface area contributed by atoms with Crippen LogP contribution in [0.3, 0.4) is 0 Å². The predicted octanol–water partition coefficient (Wildman–Crippen LogP) is 3.08. The molecular formula is C16H20ClFN2O. The number of halogens is 2. The van der Waals surface area contributed by atoms with Crippen LogP contribution in [0.2, 0.25) is 5.02 Å². The van der Waals surface area contributed by atoms with Crippen molar-refractivity contribution in [3.63, 3.8) is 0 Å². The summed E-state index contributed by atoms with van der Waals surface area (Å²) in [5.74, 6) is 0.0870. The first-order chi connectivity index (χ1) is 10.1. The minimum atomic E-state index is -0.409. The van der Waals surface area contributed by atoms with Gasteiger partial charge in [0.2, 0.25) is 0 Å². The van der Waals surface area contributed by atoms with E-state index in [9.17, 15) is 9.18 Å². The number of nitrogens with zero attached hydrogens (tertiary/aromatic N) is 1. The van der Waals surface area contributed by atoms with Gasteiger partial charge in [0.25, 0.3) is 5.91 Å². The van der Waals surface area contributed by atoms with E-state index in [-0.39, 0.29) is 10.9 Å². The quantitative estimate of drug-likeness (QED) is 0.927. The number of carbonyl (C=O) groups excluding carboxylic acids is 1. The van der Waals surface area contributed by atoms with E-state index in [0.29, 0.717) is 17.5 Å². The molecule has 0 radical (unpaired) electrons. The molecular weight excluding hydrogens is 291 g/mol. The molecule has 21 heavy (non-hydrogen) atoms. The lowest BCUT2D eigenvalue weighted by atomic mass is 9.97. The maximum atomic E-state index is 13.1. The second-order valence-electron chi connectivity index (χ2n) is 6.01. The normalized spacial score (nSPS) is 19.5. The fourth-order valence-corrected chi connectivity index (χ4v) is 3.19. The highest BCUT2D eigenvalue weighted by atomic mass is 35.5. The summed E-state index contributed by atoms with van der Waals surface area (Å²) in [5.41, 5.74) is 0.416. The minimum Gasteiger partial charge on any atom is -0.335 e. The molecule has 1 aliphatic heterocycles. The summed E-state index contributed by atoms with van der Waals surface area (Å²) < 4.78 is 13.1. The van der Waals surface area contributed by atoms with Crippen molar-refractivity contribution < 1.29 is 9.18 Å². The Kier molecular flexibility index (Phi) is 4.45. The van der Waals surface area contributed by atoms with E-state index in [4.69, 9.17) is 11.6 Å². The third-order valence-electron chi connectivity index (χ3n) is 4.32. The second-order valence-corrected chi connectivity index (χ2v) is 6.41. The zero-order valence-corrected chi connectivity index (χ0v) is 12.7. The highest BCUT2D eigenvalue weighted by Gasteiger charge is 2.35. The fourth-order valence-electron chi connectivity index (χ4n) is 2.94. The number of rotatable bonds is 4. The highest BCUT2D eigenvalue weighted by molar-refractivity contribution is 6.33. The minimum absolute atomic E-state index is 0.0546. The van der Waals surface area contributed by atoms with Gasteiger partial charge in [-0.05, 0) is 62.9 Å². The summed E-state index contributed by atoms with van der Waals surface area (Å²) in [5, 5.41) is 3.55. The van der Waals surface area contributed by atoms with Crippen LogP contribution in [0.5, 0.6) is 0 Å². The number of amides is 1. The first-order valence-electron chi connectivity index (χ1n) is 7.62. The molecule has 3 rings (SSSR count). The maximum absolute atomic E-state index is 13.1. The van der Waals surface area contributed by atoms with Crippen LogP contribution in [0.15, 0.2) is 18.2 Å². The molecule has 0 spiro atoms. The summed E-state index contributed by atoms with van der Waals surface area (Å²) >= 11 is 6.04. The molecule has 2 aliphatic rings. The van der Waals surface area contributed by atoms with Gasteiger partial charge in [-0.2, -0.15) is 0 Å². The lowest BCUT2D eigenvalue weighted by Gasteiger charge is -2.30. The molecule has 0 atom stereocenters. The first-order valence-corrected chi connectivity index (χ1v) is 7.99. The van der Waals surface area contributed by atoms with E-state index in [2.05, 4.69) is 5.32 Å². The van der Waals surface area contributed by atoms with Gasteiger partial charge in [-0.25, -0.2) is 4.39 Å². The average Bonchev–Trinajstić information content (AvgIpc) is 3.30. The van der Waals surface area contributed by atoms with Gasteiger partial charge in [0, 0.05) is 12.6 Å². The van der Waals surface area contributed by atoms with Crippen LogP contribution in [0.1, 0.15) is 36.0 Å². The Morgan fingerprint density at radius 2 is 2.00 bits per heavy atom. The first kappa shape index (κ1) is 14.8. The Labute approximate surface area is 129 Å². The van der Waals surface area contributed by atoms with Crippen molar-refractivity contribution in [1.29, 1.82) is 0 Å². The van der Waals surface area contributed by atoms with Crippen molar-refractivity contribution in [3.8, 4) is 0 Å². The van der Waals surface area contributed by atoms with Gasteiger partial charge < -0.3 is 10.2 Å². The Morgan fingerprint density at radius 3 is 2.62 bits per heavy atom. The molecule has 1 aromatic rings. The van der Waals surface area contributed by atoms with Crippen LogP contribution in [-0.4, -0.2) is 36.5 Å². The molecule has 1 heterocycles. The van der Waals surface area contributed by atoms with Crippen LogP contribution in [0, 0.1) is 11.7 Å². The van der Waals surface area contributed by atoms with Crippen molar-refractivity contribution in [2.24, 2.45) is 5.92 Å². The smallest absolute Gasteiger partial charge is 0.255 e. The molecule has 114 valence electrons. The topological polar surface area (TPSA) is 32.3 Å². The highest BCUT2D eigenvalue weighted by Crippen LogP contribution is 2.31. The van der Waals surface area contributed by atoms with Crippen LogP contribution >= 0.6 is 11.6 Å². The van der Waals surface area contributed by atoms with E-state index in [1.54, 1.807) is 0 Å². The van der Waals surface area contributed by atoms with Crippen LogP contribution in [0.25, 0.3) is 0 Å². The van der Waals surface area contributed by atoms with Crippen LogP contribution in [0.4, 0.5) is 4.39 Å². The van der Waals surface area contributed by atoms with Gasteiger partial charge in [0.1, 0.15) is 5.82 Å². The molecule has 1 aliphatic carbocycles. The van der Waals surface area contributed by atoms with E-state index >= 15 is 0 Å². The van der Waals surface area contributed by atoms with Crippen molar-refractivity contribution in [3.05, 3.63) is 34.6 Å². The summed E-state index contributed by atoms with van der Waals surface area (Å²) in [6.45, 7) is 2.84. The molecule has 2 fully saturated rings. The number of benzene rings is 1. The fraction of sp³-hybridized carbons (Fsp3) is 0.562. The van der Waals surface area contributed by atoms with Crippen LogP contribution < -0.4 is 5.32 Å². The lowest BCUT2D eigenvalue weighted by molar-refractivity contribution is 0.0702. The van der Waals surface area contributed by atoms with E-state index in [1.165, 1.54) is 18.2 Å². The standard InChI is InChI=1S/C16H20ClFN2O/c17-15-9-12(18)1-4-14(15)16(21)20(13-2-3-13)10-11-5-7-19-8-6-11/h1,4,9,11,13,19H,2-3,5-8,10H2. The SMILES string of the molecule is O=C(c1ccc(F)cc1Cl)N(CC1CCNCC1)C1CC1. The van der Waals surface area contributed by atoms with E-state index in [0.717, 1.165) is 45.3 Å². The molecule has 5 heteroatoms. The molecule has 1 amide bonds. The molecule has 0 bridgehead atoms. The van der Waals surface area contributed by atoms with Crippen molar-refractivity contribution in [1.82, 2.24) is 10.2 Å². The average molecular weight is 311 g/mol. The summed E-state index contributed by atoms with van der Waals surface area (Å²) in [4.78, 5) is 14.7. The molecule has 3 nitrogen and oxygen atoms in total. The zero-order chi connectivity index (χ0) is 14.8. The largest absolute Gasteiger partial charge is 0.335 e. The summed E-state index contributed by atoms with van der Waals surface area (Å²) in [6.07, 6.45) is 4.34.